The highest BCUT2D eigenvalue weighted by Gasteiger charge is 2.20. The molecule has 5 rings (SSSR count). The number of para-hydroxylation sites is 3. The number of carbonyl (C=O) groups is 1. The number of benzene rings is 2. The number of rotatable bonds is 6. The van der Waals surface area contributed by atoms with E-state index < -0.39 is 5.69 Å². The fourth-order valence-electron chi connectivity index (χ4n) is 3.67. The molecule has 1 saturated heterocycles. The van der Waals surface area contributed by atoms with E-state index in [9.17, 15) is 9.59 Å². The lowest BCUT2D eigenvalue weighted by molar-refractivity contribution is -0.122. The fourth-order valence-corrected chi connectivity index (χ4v) is 3.67. The van der Waals surface area contributed by atoms with Gasteiger partial charge in [-0.3, -0.25) is 4.79 Å². The van der Waals surface area contributed by atoms with Crippen LogP contribution in [0.2, 0.25) is 0 Å². The first kappa shape index (κ1) is 19.3. The van der Waals surface area contributed by atoms with Gasteiger partial charge in [0.05, 0.1) is 17.1 Å². The molecule has 4 aromatic rings. The molecule has 0 bridgehead atoms. The summed E-state index contributed by atoms with van der Waals surface area (Å²) in [4.78, 5) is 30.1. The third-order valence-electron chi connectivity index (χ3n) is 5.18. The number of carbonyl (C=O) groups excluding carboxylic acids is 1. The number of ether oxygens (including phenoxy) is 2. The summed E-state index contributed by atoms with van der Waals surface area (Å²) in [6, 6.07) is 16.4. The molecule has 1 N–H and O–H groups in total. The van der Waals surface area contributed by atoms with Gasteiger partial charge in [-0.2, -0.15) is 0 Å². The van der Waals surface area contributed by atoms with Crippen LogP contribution in [0, 0.1) is 0 Å². The Bertz CT molecular complexity index is 1290. The number of hydrogen-bond acceptors (Lipinski definition) is 6. The van der Waals surface area contributed by atoms with Crippen LogP contribution in [0.4, 0.5) is 0 Å². The van der Waals surface area contributed by atoms with E-state index in [4.69, 9.17) is 9.47 Å². The van der Waals surface area contributed by atoms with Gasteiger partial charge in [0, 0.05) is 13.2 Å². The number of nitrogens with one attached hydrogen (secondary N) is 1. The molecule has 1 atom stereocenters. The second-order valence-electron chi connectivity index (χ2n) is 7.36. The van der Waals surface area contributed by atoms with Crippen molar-refractivity contribution in [2.45, 2.75) is 25.5 Å². The molecule has 2 aromatic carbocycles. The van der Waals surface area contributed by atoms with Gasteiger partial charge in [-0.15, -0.1) is 5.10 Å². The van der Waals surface area contributed by atoms with Gasteiger partial charge in [-0.25, -0.2) is 18.9 Å². The summed E-state index contributed by atoms with van der Waals surface area (Å²) in [7, 11) is 0. The largest absolute Gasteiger partial charge is 0.436 e. The molecule has 1 amide bonds. The van der Waals surface area contributed by atoms with E-state index >= 15 is 0 Å². The van der Waals surface area contributed by atoms with E-state index in [1.807, 2.05) is 30.3 Å². The second-order valence-corrected chi connectivity index (χ2v) is 7.36. The summed E-state index contributed by atoms with van der Waals surface area (Å²) in [6.07, 6.45) is 1.95. The third-order valence-corrected chi connectivity index (χ3v) is 5.18. The summed E-state index contributed by atoms with van der Waals surface area (Å²) >= 11 is 0. The van der Waals surface area contributed by atoms with Gasteiger partial charge in [0.2, 0.25) is 11.6 Å². The van der Waals surface area contributed by atoms with Gasteiger partial charge in [-0.1, -0.05) is 30.3 Å². The zero-order valence-electron chi connectivity index (χ0n) is 16.7. The quantitative estimate of drug-likeness (QED) is 0.514. The van der Waals surface area contributed by atoms with Crippen molar-refractivity contribution in [3.8, 4) is 11.6 Å². The average Bonchev–Trinajstić information content (AvgIpc) is 3.42. The zero-order chi connectivity index (χ0) is 21.2. The maximum atomic E-state index is 13.1. The molecule has 31 heavy (non-hydrogen) atoms. The van der Waals surface area contributed by atoms with Crippen molar-refractivity contribution in [3.05, 3.63) is 65.1 Å². The molecule has 0 saturated carbocycles. The summed E-state index contributed by atoms with van der Waals surface area (Å²) in [5, 5.41) is 7.18. The van der Waals surface area contributed by atoms with Gasteiger partial charge < -0.3 is 14.8 Å². The standard InChI is InChI=1S/C22H21N5O4/c28-19(23-13-16-9-6-12-30-16)14-26-22(29)27-18-11-5-4-10-17(18)24-21(20(27)25-26)31-15-7-2-1-3-8-15/h1-5,7-8,10-11,16H,6,9,12-14H2,(H,23,28)/t16-/m1/s1. The summed E-state index contributed by atoms with van der Waals surface area (Å²) in [5.74, 6) is 0.466. The topological polar surface area (TPSA) is 99.8 Å². The van der Waals surface area contributed by atoms with Gasteiger partial charge in [0.25, 0.3) is 5.88 Å². The minimum atomic E-state index is -0.432. The van der Waals surface area contributed by atoms with Crippen molar-refractivity contribution in [1.82, 2.24) is 24.5 Å². The molecule has 158 valence electrons. The Morgan fingerprint density at radius 2 is 1.97 bits per heavy atom. The summed E-state index contributed by atoms with van der Waals surface area (Å²) in [5.41, 5.74) is 0.998. The third kappa shape index (κ3) is 3.87. The van der Waals surface area contributed by atoms with Crippen molar-refractivity contribution >= 4 is 22.6 Å². The molecule has 0 unspecified atom stereocenters. The Kier molecular flexibility index (Phi) is 5.09. The number of amides is 1. The highest BCUT2D eigenvalue weighted by Crippen LogP contribution is 2.25. The zero-order valence-corrected chi connectivity index (χ0v) is 16.7. The van der Waals surface area contributed by atoms with Gasteiger partial charge >= 0.3 is 5.69 Å². The minimum Gasteiger partial charge on any atom is -0.436 e. The molecular weight excluding hydrogens is 398 g/mol. The lowest BCUT2D eigenvalue weighted by Gasteiger charge is -2.10. The first-order valence-corrected chi connectivity index (χ1v) is 10.2. The normalized spacial score (nSPS) is 16.1. The molecule has 9 nitrogen and oxygen atoms in total. The van der Waals surface area contributed by atoms with E-state index in [0.717, 1.165) is 24.1 Å². The molecule has 1 aliphatic rings. The van der Waals surface area contributed by atoms with E-state index in [1.165, 1.54) is 4.40 Å². The maximum Gasteiger partial charge on any atom is 0.351 e. The predicted octanol–water partition coefficient (Wildman–Crippen LogP) is 2.13. The van der Waals surface area contributed by atoms with Crippen molar-refractivity contribution in [2.24, 2.45) is 0 Å². The van der Waals surface area contributed by atoms with Gasteiger partial charge in [0.1, 0.15) is 12.3 Å². The van der Waals surface area contributed by atoms with Crippen molar-refractivity contribution < 1.29 is 14.3 Å². The molecule has 2 aromatic heterocycles. The van der Waals surface area contributed by atoms with Crippen LogP contribution in [0.1, 0.15) is 12.8 Å². The van der Waals surface area contributed by atoms with E-state index in [0.29, 0.717) is 23.3 Å². The Morgan fingerprint density at radius 1 is 1.16 bits per heavy atom. The molecule has 9 heteroatoms. The first-order valence-electron chi connectivity index (χ1n) is 10.2. The molecule has 0 spiro atoms. The van der Waals surface area contributed by atoms with Crippen LogP contribution in [-0.2, 0) is 16.1 Å². The highest BCUT2D eigenvalue weighted by atomic mass is 16.5. The number of nitrogens with zero attached hydrogens (tertiary/aromatic N) is 4. The van der Waals surface area contributed by atoms with Crippen molar-refractivity contribution in [3.63, 3.8) is 0 Å². The Morgan fingerprint density at radius 3 is 2.77 bits per heavy atom. The number of fused-ring (bicyclic) bond motifs is 3. The van der Waals surface area contributed by atoms with Gasteiger partial charge in [-0.05, 0) is 37.1 Å². The SMILES string of the molecule is O=C(Cn1nc2c(Oc3ccccc3)nc3ccccc3n2c1=O)NC[C@H]1CCCO1. The molecule has 0 radical (unpaired) electrons. The maximum absolute atomic E-state index is 13.1. The van der Waals surface area contributed by atoms with Crippen LogP contribution in [-0.4, -0.2) is 44.3 Å². The average molecular weight is 419 g/mol. The monoisotopic (exact) mass is 419 g/mol. The van der Waals surface area contributed by atoms with Crippen LogP contribution < -0.4 is 15.7 Å². The van der Waals surface area contributed by atoms with Crippen LogP contribution in [0.15, 0.2) is 59.4 Å². The lowest BCUT2D eigenvalue weighted by atomic mass is 10.2. The van der Waals surface area contributed by atoms with Crippen LogP contribution in [0.25, 0.3) is 16.7 Å². The molecule has 1 aliphatic heterocycles. The van der Waals surface area contributed by atoms with Crippen LogP contribution in [0.3, 0.4) is 0 Å². The van der Waals surface area contributed by atoms with Crippen molar-refractivity contribution in [1.29, 1.82) is 0 Å². The summed E-state index contributed by atoms with van der Waals surface area (Å²) < 4.78 is 14.0. The molecular formula is C22H21N5O4. The van der Waals surface area contributed by atoms with Crippen LogP contribution >= 0.6 is 0 Å². The minimum absolute atomic E-state index is 0.0285. The highest BCUT2D eigenvalue weighted by molar-refractivity contribution is 5.80. The van der Waals surface area contributed by atoms with Crippen molar-refractivity contribution in [2.75, 3.05) is 13.2 Å². The smallest absolute Gasteiger partial charge is 0.351 e. The number of aromatic nitrogens is 4. The second kappa shape index (κ2) is 8.19. The Hall–Kier alpha value is -3.72. The van der Waals surface area contributed by atoms with E-state index in [2.05, 4.69) is 15.4 Å². The lowest BCUT2D eigenvalue weighted by Crippen LogP contribution is -2.36. The first-order chi connectivity index (χ1) is 15.2. The molecule has 1 fully saturated rings. The Labute approximate surface area is 177 Å². The van der Waals surface area contributed by atoms with Crippen LogP contribution in [0.5, 0.6) is 11.6 Å². The Balaban J connectivity index is 1.50. The number of hydrogen-bond donors (Lipinski definition) is 1. The summed E-state index contributed by atoms with van der Waals surface area (Å²) in [6.45, 7) is 0.941. The fraction of sp³-hybridized carbons (Fsp3) is 0.273. The predicted molar refractivity (Wildman–Crippen MR) is 113 cm³/mol. The van der Waals surface area contributed by atoms with E-state index in [-0.39, 0.29) is 30.1 Å². The molecule has 3 heterocycles. The molecule has 0 aliphatic carbocycles. The van der Waals surface area contributed by atoms with E-state index in [1.54, 1.807) is 24.3 Å². The van der Waals surface area contributed by atoms with Gasteiger partial charge in [0.15, 0.2) is 0 Å².